The van der Waals surface area contributed by atoms with Gasteiger partial charge in [0.1, 0.15) is 5.70 Å². The van der Waals surface area contributed by atoms with Crippen molar-refractivity contribution in [2.45, 2.75) is 6.42 Å². The van der Waals surface area contributed by atoms with Crippen LogP contribution in [0.3, 0.4) is 0 Å². The van der Waals surface area contributed by atoms with Crippen molar-refractivity contribution in [1.29, 1.82) is 0 Å². The number of thiol groups is 1. The Balaban J connectivity index is 2.76. The van der Waals surface area contributed by atoms with Crippen LogP contribution in [0.1, 0.15) is 5.56 Å². The number of hydrogen-bond acceptors (Lipinski definition) is 3. The smallest absolute Gasteiger partial charge is 0.265 e. The Kier molecular flexibility index (Phi) is 4.53. The zero-order valence-corrected chi connectivity index (χ0v) is 9.31. The van der Waals surface area contributed by atoms with Gasteiger partial charge in [0.05, 0.1) is 0 Å². The minimum atomic E-state index is -2.87. The molecule has 0 saturated carbocycles. The topological polar surface area (TPSA) is 89.3 Å². The van der Waals surface area contributed by atoms with Crippen LogP contribution in [0.5, 0.6) is 0 Å². The van der Waals surface area contributed by atoms with Gasteiger partial charge in [0.2, 0.25) is 10.9 Å². The lowest BCUT2D eigenvalue weighted by Gasteiger charge is -2.01. The van der Waals surface area contributed by atoms with E-state index in [0.29, 0.717) is 6.42 Å². The van der Waals surface area contributed by atoms with E-state index in [2.05, 4.69) is 0 Å². The molecule has 3 N–H and O–H groups in total. The summed E-state index contributed by atoms with van der Waals surface area (Å²) in [5, 5.41) is 0. The monoisotopic (exact) mass is 240 g/mol. The maximum absolute atomic E-state index is 10.9. The van der Waals surface area contributed by atoms with E-state index in [1.54, 1.807) is 0 Å². The molecular weight excluding hydrogens is 228 g/mol. The van der Waals surface area contributed by atoms with Crippen LogP contribution in [-0.2, 0) is 22.1 Å². The number of primary amides is 1. The molecule has 0 radical (unpaired) electrons. The van der Waals surface area contributed by atoms with Gasteiger partial charge < -0.3 is 5.73 Å². The van der Waals surface area contributed by atoms with Crippen LogP contribution in [0.15, 0.2) is 42.1 Å². The highest BCUT2D eigenvalue weighted by Gasteiger charge is 2.03. The van der Waals surface area contributed by atoms with Crippen molar-refractivity contribution in [3.63, 3.8) is 0 Å². The maximum Gasteiger partial charge on any atom is 0.265 e. The first-order chi connectivity index (χ1) is 7.59. The Morgan fingerprint density at radius 1 is 1.31 bits per heavy atom. The van der Waals surface area contributed by atoms with Crippen molar-refractivity contribution in [3.05, 3.63) is 47.7 Å². The summed E-state index contributed by atoms with van der Waals surface area (Å²) in [4.78, 5) is 10.9. The number of nitrogens with one attached hydrogen (secondary N) is 1. The van der Waals surface area contributed by atoms with Gasteiger partial charge in [-0.15, -0.1) is 0 Å². The molecule has 6 heteroatoms. The average molecular weight is 240 g/mol. The molecule has 1 aromatic carbocycles. The fourth-order valence-corrected chi connectivity index (χ4v) is 1.53. The Bertz CT molecular complexity index is 458. The Morgan fingerprint density at radius 3 is 2.44 bits per heavy atom. The summed E-state index contributed by atoms with van der Waals surface area (Å²) in [6, 6.07) is 9.32. The second kappa shape index (κ2) is 5.92. The first-order valence-corrected chi connectivity index (χ1v) is 5.72. The summed E-state index contributed by atoms with van der Waals surface area (Å²) >= 11 is 0. The molecule has 5 nitrogen and oxygen atoms in total. The number of carbonyl (C=O) groups is 1. The molecule has 1 aromatic rings. The van der Waals surface area contributed by atoms with E-state index < -0.39 is 16.8 Å². The van der Waals surface area contributed by atoms with Crippen LogP contribution in [-0.4, -0.2) is 14.3 Å². The number of allylic oxidation sites excluding steroid dienone is 1. The summed E-state index contributed by atoms with van der Waals surface area (Å²) in [6.45, 7) is 0. The third-order valence-electron chi connectivity index (χ3n) is 1.86. The quantitative estimate of drug-likeness (QED) is 0.488. The Morgan fingerprint density at radius 2 is 1.94 bits per heavy atom. The molecule has 0 atom stereocenters. The van der Waals surface area contributed by atoms with E-state index in [-0.39, 0.29) is 5.70 Å². The Hall–Kier alpha value is -1.82. The summed E-state index contributed by atoms with van der Waals surface area (Å²) in [7, 11) is -2.87. The molecule has 16 heavy (non-hydrogen) atoms. The van der Waals surface area contributed by atoms with Crippen molar-refractivity contribution in [2.75, 3.05) is 0 Å². The van der Waals surface area contributed by atoms with Crippen LogP contribution in [0.25, 0.3) is 0 Å². The molecule has 0 aromatic heterocycles. The molecule has 0 heterocycles. The van der Waals surface area contributed by atoms with Gasteiger partial charge in [-0.25, -0.2) is 8.42 Å². The van der Waals surface area contributed by atoms with Gasteiger partial charge in [0.25, 0.3) is 5.91 Å². The number of amides is 1. The lowest BCUT2D eigenvalue weighted by atomic mass is 10.1. The summed E-state index contributed by atoms with van der Waals surface area (Å²) in [5.74, 6) is -0.796. The highest BCUT2D eigenvalue weighted by Crippen LogP contribution is 2.01. The summed E-state index contributed by atoms with van der Waals surface area (Å²) in [6.07, 6.45) is 1.89. The second-order valence-electron chi connectivity index (χ2n) is 3.04. The molecular formula is C10H12N2O3S. The SMILES string of the molecule is NC(=O)C(=CCc1ccccc1)N[SH](=O)=O. The molecule has 0 aliphatic heterocycles. The van der Waals surface area contributed by atoms with Crippen LogP contribution in [0.4, 0.5) is 0 Å². The molecule has 0 saturated heterocycles. The number of rotatable bonds is 5. The summed E-state index contributed by atoms with van der Waals surface area (Å²) in [5.41, 5.74) is 5.86. The number of benzene rings is 1. The van der Waals surface area contributed by atoms with Crippen LogP contribution in [0, 0.1) is 0 Å². The molecule has 0 unspecified atom stereocenters. The zero-order valence-electron chi connectivity index (χ0n) is 8.42. The van der Waals surface area contributed by atoms with Gasteiger partial charge in [-0.05, 0) is 12.0 Å². The molecule has 1 rings (SSSR count). The lowest BCUT2D eigenvalue weighted by Crippen LogP contribution is -2.25. The van der Waals surface area contributed by atoms with Crippen molar-refractivity contribution in [3.8, 4) is 0 Å². The molecule has 0 fully saturated rings. The van der Waals surface area contributed by atoms with Crippen molar-refractivity contribution in [2.24, 2.45) is 5.73 Å². The largest absolute Gasteiger partial charge is 0.364 e. The van der Waals surface area contributed by atoms with Crippen LogP contribution >= 0.6 is 0 Å². The van der Waals surface area contributed by atoms with Gasteiger partial charge in [-0.1, -0.05) is 36.4 Å². The molecule has 0 aliphatic rings. The molecule has 1 amide bonds. The van der Waals surface area contributed by atoms with E-state index in [9.17, 15) is 13.2 Å². The summed E-state index contributed by atoms with van der Waals surface area (Å²) < 4.78 is 22.8. The standard InChI is InChI=1S/C10H12N2O3S/c11-10(13)9(12-16(14)15)7-6-8-4-2-1-3-5-8/h1-5,7,16H,6H2,(H2,11,13)(H,12,14,15). The van der Waals surface area contributed by atoms with Crippen molar-refractivity contribution in [1.82, 2.24) is 4.72 Å². The average Bonchev–Trinajstić information content (AvgIpc) is 2.25. The number of carbonyl (C=O) groups excluding carboxylic acids is 1. The third-order valence-corrected chi connectivity index (χ3v) is 2.29. The van der Waals surface area contributed by atoms with E-state index >= 15 is 0 Å². The van der Waals surface area contributed by atoms with E-state index in [1.807, 2.05) is 35.1 Å². The van der Waals surface area contributed by atoms with Crippen molar-refractivity contribution >= 4 is 16.8 Å². The lowest BCUT2D eigenvalue weighted by molar-refractivity contribution is -0.114. The minimum Gasteiger partial charge on any atom is -0.364 e. The van der Waals surface area contributed by atoms with Gasteiger partial charge in [0, 0.05) is 0 Å². The van der Waals surface area contributed by atoms with Gasteiger partial charge in [-0.2, -0.15) is 0 Å². The van der Waals surface area contributed by atoms with Gasteiger partial charge >= 0.3 is 0 Å². The van der Waals surface area contributed by atoms with Gasteiger partial charge in [0.15, 0.2) is 0 Å². The highest BCUT2D eigenvalue weighted by molar-refractivity contribution is 7.70. The van der Waals surface area contributed by atoms with E-state index in [4.69, 9.17) is 5.73 Å². The molecule has 0 bridgehead atoms. The van der Waals surface area contributed by atoms with Crippen molar-refractivity contribution < 1.29 is 13.2 Å². The number of nitrogens with two attached hydrogens (primary N) is 1. The molecule has 86 valence electrons. The predicted molar refractivity (Wildman–Crippen MR) is 60.9 cm³/mol. The maximum atomic E-state index is 10.9. The fraction of sp³-hybridized carbons (Fsp3) is 0.100. The van der Waals surface area contributed by atoms with Gasteiger partial charge in [-0.3, -0.25) is 9.52 Å². The van der Waals surface area contributed by atoms with E-state index in [1.165, 1.54) is 6.08 Å². The normalized spacial score (nSPS) is 11.4. The number of hydrogen-bond donors (Lipinski definition) is 3. The fourth-order valence-electron chi connectivity index (χ4n) is 1.13. The third kappa shape index (κ3) is 4.14. The zero-order chi connectivity index (χ0) is 12.0. The molecule has 0 spiro atoms. The first kappa shape index (κ1) is 12.3. The minimum absolute atomic E-state index is 0.111. The molecule has 0 aliphatic carbocycles. The first-order valence-electron chi connectivity index (χ1n) is 4.54. The second-order valence-corrected chi connectivity index (χ2v) is 3.78. The van der Waals surface area contributed by atoms with Crippen LogP contribution in [0.2, 0.25) is 0 Å². The highest BCUT2D eigenvalue weighted by atomic mass is 32.2. The van der Waals surface area contributed by atoms with E-state index in [0.717, 1.165) is 5.56 Å². The predicted octanol–water partition coefficient (Wildman–Crippen LogP) is -0.286. The van der Waals surface area contributed by atoms with Crippen LogP contribution < -0.4 is 10.5 Å². The Labute approximate surface area is 95.0 Å².